The third-order valence-electron chi connectivity index (χ3n) is 3.11. The molecule has 0 aliphatic heterocycles. The minimum absolute atomic E-state index is 0. The Morgan fingerprint density at radius 1 is 0.853 bits per heavy atom. The molecule has 0 saturated heterocycles. The van der Waals surface area contributed by atoms with Crippen LogP contribution in [0.25, 0.3) is 0 Å². The van der Waals surface area contributed by atoms with Gasteiger partial charge in [0, 0.05) is 22.2 Å². The van der Waals surface area contributed by atoms with Crippen LogP contribution in [0.4, 0.5) is 0 Å². The summed E-state index contributed by atoms with van der Waals surface area (Å²) in [4.78, 5) is 42.8. The molecule has 0 aromatic heterocycles. The molecule has 5 N–H and O–H groups in total. The van der Waals surface area contributed by atoms with Crippen LogP contribution in [-0.4, -0.2) is 51.5 Å². The van der Waals surface area contributed by atoms with Gasteiger partial charge in [-0.2, -0.15) is 0 Å². The lowest BCUT2D eigenvalue weighted by Crippen LogP contribution is -2.56. The monoisotopic (exact) mass is 509 g/mol. The molecular formula is C23H50N4O6P-. The van der Waals surface area contributed by atoms with Gasteiger partial charge in [-0.3, -0.25) is 19.5 Å². The van der Waals surface area contributed by atoms with E-state index in [1.165, 1.54) is 0 Å². The Bertz CT molecular complexity index is 681. The number of phosphoric acid groups is 1. The van der Waals surface area contributed by atoms with Crippen LogP contribution in [0.1, 0.15) is 90.5 Å². The van der Waals surface area contributed by atoms with Crippen molar-refractivity contribution in [2.45, 2.75) is 119 Å². The van der Waals surface area contributed by atoms with Crippen molar-refractivity contribution in [1.82, 2.24) is 21.3 Å². The summed E-state index contributed by atoms with van der Waals surface area (Å²) in [6.45, 7) is 26.0. The van der Waals surface area contributed by atoms with E-state index in [-0.39, 0.29) is 24.4 Å². The molecule has 0 aliphatic carbocycles. The van der Waals surface area contributed by atoms with Crippen molar-refractivity contribution >= 4 is 19.6 Å². The van der Waals surface area contributed by atoms with Crippen molar-refractivity contribution in [2.75, 3.05) is 6.61 Å². The van der Waals surface area contributed by atoms with Crippen molar-refractivity contribution in [3.05, 3.63) is 12.3 Å². The molecule has 0 fully saturated rings. The molecule has 0 rings (SSSR count). The summed E-state index contributed by atoms with van der Waals surface area (Å²) in [5.74, 6) is -0.539. The quantitative estimate of drug-likeness (QED) is 0.259. The van der Waals surface area contributed by atoms with Crippen LogP contribution in [0.2, 0.25) is 0 Å². The summed E-state index contributed by atoms with van der Waals surface area (Å²) in [6.07, 6.45) is 0. The van der Waals surface area contributed by atoms with Crippen molar-refractivity contribution in [1.29, 1.82) is 0 Å². The second-order valence-electron chi connectivity index (χ2n) is 12.0. The van der Waals surface area contributed by atoms with Crippen LogP contribution < -0.4 is 26.2 Å². The average molecular weight is 510 g/mol. The predicted molar refractivity (Wildman–Crippen MR) is 137 cm³/mol. The normalized spacial score (nSPS) is 14.9. The fourth-order valence-electron chi connectivity index (χ4n) is 2.26. The van der Waals surface area contributed by atoms with Crippen LogP contribution in [0, 0.1) is 0 Å². The summed E-state index contributed by atoms with van der Waals surface area (Å²) in [5.41, 5.74) is -0.806. The average Bonchev–Trinajstić information content (AvgIpc) is 2.44. The van der Waals surface area contributed by atoms with Gasteiger partial charge >= 0.3 is 0 Å². The first-order valence-corrected chi connectivity index (χ1v) is 12.3. The predicted octanol–water partition coefficient (Wildman–Crippen LogP) is 2.57. The number of hydrogen-bond donors (Lipinski definition) is 5. The Kier molecular flexibility index (Phi) is 14.8. The van der Waals surface area contributed by atoms with Crippen molar-refractivity contribution in [2.24, 2.45) is 0 Å². The summed E-state index contributed by atoms with van der Waals surface area (Å²) >= 11 is 0. The first-order chi connectivity index (χ1) is 14.2. The minimum atomic E-state index is -4.85. The number of carbonyl (C=O) groups is 2. The second-order valence-corrected chi connectivity index (χ2v) is 13.2. The molecule has 0 heterocycles. The van der Waals surface area contributed by atoms with Gasteiger partial charge in [-0.15, -0.1) is 0 Å². The number of nitrogens with one attached hydrogen (secondary N) is 4. The summed E-state index contributed by atoms with van der Waals surface area (Å²) < 4.78 is 14.9. The smallest absolute Gasteiger partial charge is 0.267 e. The minimum Gasteiger partial charge on any atom is -0.756 e. The molecule has 2 amide bonds. The van der Waals surface area contributed by atoms with Gasteiger partial charge in [-0.05, 0) is 83.1 Å². The van der Waals surface area contributed by atoms with Crippen molar-refractivity contribution in [3.63, 3.8) is 0 Å². The van der Waals surface area contributed by atoms with Gasteiger partial charge in [0.1, 0.15) is 6.04 Å². The molecule has 0 saturated carbocycles. The highest BCUT2D eigenvalue weighted by atomic mass is 31.2. The van der Waals surface area contributed by atoms with E-state index < -0.39 is 37.5 Å². The van der Waals surface area contributed by atoms with Gasteiger partial charge in [0.25, 0.3) is 13.7 Å². The zero-order valence-corrected chi connectivity index (χ0v) is 23.3. The van der Waals surface area contributed by atoms with E-state index in [4.69, 9.17) is 4.89 Å². The van der Waals surface area contributed by atoms with Gasteiger partial charge in [-0.1, -0.05) is 14.0 Å². The molecule has 10 nitrogen and oxygen atoms in total. The number of phosphoric ester groups is 1. The van der Waals surface area contributed by atoms with Gasteiger partial charge in [-0.25, -0.2) is 0 Å². The van der Waals surface area contributed by atoms with E-state index in [0.29, 0.717) is 5.70 Å². The number of amides is 2. The lowest BCUT2D eigenvalue weighted by molar-refractivity contribution is -0.220. The largest absolute Gasteiger partial charge is 0.756 e. The second kappa shape index (κ2) is 13.6. The number of carbonyl (C=O) groups excluding carboxylic acids is 2. The Labute approximate surface area is 207 Å². The van der Waals surface area contributed by atoms with Gasteiger partial charge in [0.2, 0.25) is 5.91 Å². The fourth-order valence-corrected chi connectivity index (χ4v) is 2.59. The molecule has 204 valence electrons. The lowest BCUT2D eigenvalue weighted by atomic mass is 10.1. The first kappa shape index (κ1) is 37.1. The van der Waals surface area contributed by atoms with E-state index in [1.807, 2.05) is 83.1 Å². The highest BCUT2D eigenvalue weighted by Gasteiger charge is 2.27. The van der Waals surface area contributed by atoms with Gasteiger partial charge in [0.05, 0.1) is 12.3 Å². The maximum atomic E-state index is 12.0. The lowest BCUT2D eigenvalue weighted by Gasteiger charge is -2.31. The van der Waals surface area contributed by atoms with Crippen LogP contribution in [0.15, 0.2) is 12.3 Å². The Morgan fingerprint density at radius 2 is 1.24 bits per heavy atom. The summed E-state index contributed by atoms with van der Waals surface area (Å²) in [6, 6.07) is -0.881. The molecule has 0 spiro atoms. The first-order valence-electron chi connectivity index (χ1n) is 10.8. The zero-order valence-electron chi connectivity index (χ0n) is 22.4. The van der Waals surface area contributed by atoms with Crippen LogP contribution in [0.3, 0.4) is 0 Å². The molecule has 0 radical (unpaired) electrons. The molecule has 34 heavy (non-hydrogen) atoms. The molecule has 1 unspecified atom stereocenters. The van der Waals surface area contributed by atoms with E-state index in [2.05, 4.69) is 32.4 Å². The Morgan fingerprint density at radius 3 is 1.53 bits per heavy atom. The maximum absolute atomic E-state index is 12.0. The summed E-state index contributed by atoms with van der Waals surface area (Å²) in [7, 11) is -4.85. The maximum Gasteiger partial charge on any atom is 0.267 e. The molecular weight excluding hydrogens is 459 g/mol. The SMILES string of the molecule is C.C=C(NC(C)(C)C)C(=O)NC(C)(C)C.CC(C)(C)NC(=O)[C@H](COP(=O)([O-])O)NC(C)(C)C. The Balaban J connectivity index is -0.000000573. The van der Waals surface area contributed by atoms with Crippen LogP contribution in [0.5, 0.6) is 0 Å². The highest BCUT2D eigenvalue weighted by Crippen LogP contribution is 2.30. The molecule has 0 aromatic carbocycles. The van der Waals surface area contributed by atoms with E-state index in [9.17, 15) is 19.0 Å². The Hall–Kier alpha value is -1.45. The van der Waals surface area contributed by atoms with E-state index >= 15 is 0 Å². The topological polar surface area (TPSA) is 152 Å². The van der Waals surface area contributed by atoms with Gasteiger partial charge in [0.15, 0.2) is 0 Å². The van der Waals surface area contributed by atoms with Gasteiger partial charge < -0.3 is 30.3 Å². The van der Waals surface area contributed by atoms with E-state index in [1.54, 1.807) is 0 Å². The van der Waals surface area contributed by atoms with E-state index in [0.717, 1.165) is 0 Å². The van der Waals surface area contributed by atoms with Crippen LogP contribution >= 0.6 is 7.82 Å². The zero-order chi connectivity index (χ0) is 27.1. The fraction of sp³-hybridized carbons (Fsp3) is 0.826. The molecule has 0 bridgehead atoms. The third-order valence-corrected chi connectivity index (χ3v) is 3.59. The van der Waals surface area contributed by atoms with Crippen molar-refractivity contribution < 1.29 is 28.5 Å². The number of rotatable bonds is 7. The summed E-state index contributed by atoms with van der Waals surface area (Å²) in [5, 5.41) is 11.5. The molecule has 2 atom stereocenters. The number of hydrogen-bond acceptors (Lipinski definition) is 7. The third kappa shape index (κ3) is 25.2. The highest BCUT2D eigenvalue weighted by molar-refractivity contribution is 7.44. The molecule has 11 heteroatoms. The molecule has 0 aliphatic rings. The standard InChI is InChI=1S/C11H25N2O5P.C11H22N2O.CH4/c1-10(2,3)12-8(7-18-19(15,16)17)9(14)13-11(4,5)6;1-8(12-10(2,3)4)9(14)13-11(5,6)7;/h8,12H,7H2,1-6H3,(H,13,14)(H2,15,16,17);12H,1H2,2-7H3,(H,13,14);1H4/p-1/t8-;;/m0../s1. The molecule has 0 aromatic rings. The van der Waals surface area contributed by atoms with Crippen LogP contribution in [-0.2, 0) is 18.7 Å². The van der Waals surface area contributed by atoms with Crippen molar-refractivity contribution in [3.8, 4) is 0 Å².